The number of carbonyl (C=O) groups is 1. The maximum atomic E-state index is 10.9. The largest absolute Gasteiger partial charge is 0.394 e. The van der Waals surface area contributed by atoms with Gasteiger partial charge in [-0.05, 0) is 0 Å². The molecule has 6 heteroatoms. The highest BCUT2D eigenvalue weighted by Gasteiger charge is 2.37. The Morgan fingerprint density at radius 1 is 1.77 bits per heavy atom. The summed E-state index contributed by atoms with van der Waals surface area (Å²) in [6.45, 7) is 0.751. The molecule has 0 aromatic carbocycles. The van der Waals surface area contributed by atoms with E-state index in [0.29, 0.717) is 0 Å². The van der Waals surface area contributed by atoms with E-state index in [-0.39, 0.29) is 5.91 Å². The average molecular weight is 188 g/mol. The first-order valence-corrected chi connectivity index (χ1v) is 3.89. The van der Waals surface area contributed by atoms with Crippen LogP contribution in [0.4, 0.5) is 0 Å². The SMILES string of the molecule is CC(=O)N1N=CC(O)[C@@H]1C(O)CO. The fourth-order valence-corrected chi connectivity index (χ4v) is 1.24. The predicted molar refractivity (Wildman–Crippen MR) is 43.9 cm³/mol. The van der Waals surface area contributed by atoms with Crippen LogP contribution < -0.4 is 0 Å². The van der Waals surface area contributed by atoms with Crippen LogP contribution in [0.3, 0.4) is 0 Å². The molecule has 0 aromatic rings. The van der Waals surface area contributed by atoms with Gasteiger partial charge >= 0.3 is 0 Å². The van der Waals surface area contributed by atoms with E-state index < -0.39 is 24.9 Å². The number of hydrogen-bond acceptors (Lipinski definition) is 5. The van der Waals surface area contributed by atoms with E-state index in [9.17, 15) is 15.0 Å². The van der Waals surface area contributed by atoms with Crippen molar-refractivity contribution in [1.82, 2.24) is 5.01 Å². The molecule has 0 radical (unpaired) electrons. The van der Waals surface area contributed by atoms with Crippen molar-refractivity contribution in [2.24, 2.45) is 5.10 Å². The fourth-order valence-electron chi connectivity index (χ4n) is 1.24. The highest BCUT2D eigenvalue weighted by atomic mass is 16.3. The summed E-state index contributed by atoms with van der Waals surface area (Å²) < 4.78 is 0. The van der Waals surface area contributed by atoms with Crippen molar-refractivity contribution in [3.63, 3.8) is 0 Å². The minimum Gasteiger partial charge on any atom is -0.394 e. The normalized spacial score (nSPS) is 29.4. The first-order valence-electron chi connectivity index (χ1n) is 3.89. The van der Waals surface area contributed by atoms with E-state index in [1.54, 1.807) is 0 Å². The lowest BCUT2D eigenvalue weighted by Gasteiger charge is -2.25. The zero-order valence-electron chi connectivity index (χ0n) is 7.16. The van der Waals surface area contributed by atoms with E-state index in [0.717, 1.165) is 11.2 Å². The Hall–Kier alpha value is -0.980. The van der Waals surface area contributed by atoms with Crippen molar-refractivity contribution in [2.45, 2.75) is 25.2 Å². The van der Waals surface area contributed by atoms with Gasteiger partial charge < -0.3 is 15.3 Å². The summed E-state index contributed by atoms with van der Waals surface area (Å²) in [6, 6.07) is -0.873. The Morgan fingerprint density at radius 3 is 2.85 bits per heavy atom. The lowest BCUT2D eigenvalue weighted by Crippen LogP contribution is -2.48. The van der Waals surface area contributed by atoms with Gasteiger partial charge in [0.1, 0.15) is 18.2 Å². The molecule has 1 aliphatic heterocycles. The Labute approximate surface area is 75.1 Å². The van der Waals surface area contributed by atoms with Crippen LogP contribution in [0.5, 0.6) is 0 Å². The fraction of sp³-hybridized carbons (Fsp3) is 0.714. The number of amides is 1. The molecule has 2 unspecified atom stereocenters. The van der Waals surface area contributed by atoms with E-state index in [4.69, 9.17) is 5.11 Å². The first-order chi connectivity index (χ1) is 6.07. The number of rotatable bonds is 2. The monoisotopic (exact) mass is 188 g/mol. The molecule has 1 heterocycles. The van der Waals surface area contributed by atoms with Crippen LogP contribution >= 0.6 is 0 Å². The van der Waals surface area contributed by atoms with Crippen LogP contribution in [0, 0.1) is 0 Å². The number of carbonyl (C=O) groups excluding carboxylic acids is 1. The molecule has 1 amide bonds. The third kappa shape index (κ3) is 1.85. The van der Waals surface area contributed by atoms with Gasteiger partial charge in [-0.3, -0.25) is 4.79 Å². The Balaban J connectivity index is 2.75. The van der Waals surface area contributed by atoms with Gasteiger partial charge in [-0.15, -0.1) is 0 Å². The molecule has 3 N–H and O–H groups in total. The number of hydrogen-bond donors (Lipinski definition) is 3. The van der Waals surface area contributed by atoms with Crippen molar-refractivity contribution in [1.29, 1.82) is 0 Å². The molecular formula is C7H12N2O4. The van der Waals surface area contributed by atoms with Crippen LogP contribution in [0.15, 0.2) is 5.10 Å². The number of aliphatic hydroxyl groups excluding tert-OH is 3. The second-order valence-corrected chi connectivity index (χ2v) is 2.86. The van der Waals surface area contributed by atoms with Crippen molar-refractivity contribution in [2.75, 3.05) is 6.61 Å². The van der Waals surface area contributed by atoms with Crippen LogP contribution in [0.1, 0.15) is 6.92 Å². The van der Waals surface area contributed by atoms with Crippen LogP contribution in [-0.4, -0.2) is 57.3 Å². The maximum absolute atomic E-state index is 10.9. The van der Waals surface area contributed by atoms with Gasteiger partial charge in [0.2, 0.25) is 5.91 Å². The molecule has 0 aliphatic carbocycles. The van der Waals surface area contributed by atoms with Crippen molar-refractivity contribution in [3.05, 3.63) is 0 Å². The maximum Gasteiger partial charge on any atom is 0.239 e. The summed E-state index contributed by atoms with van der Waals surface area (Å²) in [5.74, 6) is -0.384. The van der Waals surface area contributed by atoms with E-state index >= 15 is 0 Å². The topological polar surface area (TPSA) is 93.4 Å². The van der Waals surface area contributed by atoms with E-state index in [2.05, 4.69) is 5.10 Å². The Bertz CT molecular complexity index is 231. The predicted octanol–water partition coefficient (Wildman–Crippen LogP) is -2.08. The van der Waals surface area contributed by atoms with Crippen LogP contribution in [0.2, 0.25) is 0 Å². The summed E-state index contributed by atoms with van der Waals surface area (Å²) in [6.07, 6.45) is -1.04. The van der Waals surface area contributed by atoms with Gasteiger partial charge in [-0.25, -0.2) is 5.01 Å². The molecule has 0 fully saturated rings. The third-order valence-electron chi connectivity index (χ3n) is 1.88. The minimum atomic E-state index is -1.18. The molecule has 0 saturated heterocycles. The Kier molecular flexibility index (Phi) is 2.97. The highest BCUT2D eigenvalue weighted by molar-refractivity contribution is 5.79. The highest BCUT2D eigenvalue weighted by Crippen LogP contribution is 2.15. The minimum absolute atomic E-state index is 0.384. The Morgan fingerprint density at radius 2 is 2.38 bits per heavy atom. The molecule has 1 aliphatic rings. The zero-order chi connectivity index (χ0) is 10.0. The van der Waals surface area contributed by atoms with Crippen molar-refractivity contribution in [3.8, 4) is 0 Å². The molecule has 3 atom stereocenters. The van der Waals surface area contributed by atoms with Gasteiger partial charge in [0.05, 0.1) is 12.8 Å². The molecule has 74 valence electrons. The van der Waals surface area contributed by atoms with Gasteiger partial charge in [0, 0.05) is 6.92 Å². The second kappa shape index (κ2) is 3.82. The van der Waals surface area contributed by atoms with Crippen molar-refractivity contribution >= 4 is 12.1 Å². The standard InChI is InChI=1S/C7H12N2O4/c1-4(11)9-7(6(13)3-10)5(12)2-8-9/h2,5-7,10,12-13H,3H2,1H3/t5?,6?,7-/m1/s1. The summed E-state index contributed by atoms with van der Waals surface area (Å²) in [7, 11) is 0. The molecule has 6 nitrogen and oxygen atoms in total. The van der Waals surface area contributed by atoms with E-state index in [1.165, 1.54) is 6.92 Å². The van der Waals surface area contributed by atoms with Gasteiger partial charge in [-0.2, -0.15) is 5.10 Å². The smallest absolute Gasteiger partial charge is 0.239 e. The van der Waals surface area contributed by atoms with Crippen LogP contribution in [-0.2, 0) is 4.79 Å². The number of nitrogens with zero attached hydrogens (tertiary/aromatic N) is 2. The molecule has 0 bridgehead atoms. The zero-order valence-corrected chi connectivity index (χ0v) is 7.16. The summed E-state index contributed by atoms with van der Waals surface area (Å²) in [5, 5.41) is 31.8. The molecule has 0 spiro atoms. The molecular weight excluding hydrogens is 176 g/mol. The number of aliphatic hydroxyl groups is 3. The first kappa shape index (κ1) is 10.1. The lowest BCUT2D eigenvalue weighted by atomic mass is 10.1. The van der Waals surface area contributed by atoms with Gasteiger partial charge in [0.25, 0.3) is 0 Å². The van der Waals surface area contributed by atoms with Crippen molar-refractivity contribution < 1.29 is 20.1 Å². The molecule has 1 rings (SSSR count). The third-order valence-corrected chi connectivity index (χ3v) is 1.88. The summed E-state index contributed by atoms with van der Waals surface area (Å²) in [5.41, 5.74) is 0. The summed E-state index contributed by atoms with van der Waals surface area (Å²) in [4.78, 5) is 10.9. The van der Waals surface area contributed by atoms with Gasteiger partial charge in [-0.1, -0.05) is 0 Å². The molecule has 0 aromatic heterocycles. The summed E-state index contributed by atoms with van der Waals surface area (Å²) >= 11 is 0. The van der Waals surface area contributed by atoms with Gasteiger partial charge in [0.15, 0.2) is 0 Å². The van der Waals surface area contributed by atoms with Crippen LogP contribution in [0.25, 0.3) is 0 Å². The molecule has 0 saturated carbocycles. The quantitative estimate of drug-likeness (QED) is 0.463. The number of hydrazone groups is 1. The lowest BCUT2D eigenvalue weighted by molar-refractivity contribution is -0.135. The van der Waals surface area contributed by atoms with E-state index in [1.807, 2.05) is 0 Å². The second-order valence-electron chi connectivity index (χ2n) is 2.86. The molecule has 13 heavy (non-hydrogen) atoms. The average Bonchev–Trinajstić information content (AvgIpc) is 2.46.